The SMILES string of the molecule is CC(=O)NC(CN1CCC(=O)C=CC1=O)CN1CCC(=O)C=CC1=O. The van der Waals surface area contributed by atoms with E-state index in [1.807, 2.05) is 0 Å². The van der Waals surface area contributed by atoms with E-state index in [1.54, 1.807) is 0 Å². The molecular weight excluding hydrogens is 326 g/mol. The van der Waals surface area contributed by atoms with Crippen LogP contribution >= 0.6 is 0 Å². The molecule has 25 heavy (non-hydrogen) atoms. The van der Waals surface area contributed by atoms with Crippen LogP contribution in [0.2, 0.25) is 0 Å². The van der Waals surface area contributed by atoms with E-state index in [-0.39, 0.29) is 68.3 Å². The zero-order chi connectivity index (χ0) is 18.4. The number of nitrogens with zero attached hydrogens (tertiary/aromatic N) is 2. The normalized spacial score (nSPS) is 18.6. The number of carbonyl (C=O) groups excluding carboxylic acids is 5. The Morgan fingerprint density at radius 2 is 1.36 bits per heavy atom. The Bertz CT molecular complexity index is 605. The molecule has 0 radical (unpaired) electrons. The van der Waals surface area contributed by atoms with E-state index >= 15 is 0 Å². The highest BCUT2D eigenvalue weighted by molar-refractivity contribution is 6.00. The molecule has 2 rings (SSSR count). The second-order valence-electron chi connectivity index (χ2n) is 6.07. The number of hydrogen-bond acceptors (Lipinski definition) is 5. The fourth-order valence-corrected chi connectivity index (χ4v) is 2.75. The predicted octanol–water partition coefficient (Wildman–Crippen LogP) is -0.794. The number of amides is 3. The highest BCUT2D eigenvalue weighted by Crippen LogP contribution is 2.07. The molecule has 2 aliphatic heterocycles. The first-order valence-electron chi connectivity index (χ1n) is 8.12. The Hall–Kier alpha value is -2.77. The summed E-state index contributed by atoms with van der Waals surface area (Å²) in [6.07, 6.45) is 5.39. The summed E-state index contributed by atoms with van der Waals surface area (Å²) in [6, 6.07) is -0.492. The molecule has 134 valence electrons. The average molecular weight is 347 g/mol. The van der Waals surface area contributed by atoms with Crippen molar-refractivity contribution in [3.63, 3.8) is 0 Å². The highest BCUT2D eigenvalue weighted by Gasteiger charge is 2.25. The number of hydrogen-bond donors (Lipinski definition) is 1. The maximum atomic E-state index is 12.1. The van der Waals surface area contributed by atoms with Crippen molar-refractivity contribution < 1.29 is 24.0 Å². The van der Waals surface area contributed by atoms with Crippen molar-refractivity contribution in [1.82, 2.24) is 15.1 Å². The van der Waals surface area contributed by atoms with Crippen molar-refractivity contribution >= 4 is 29.3 Å². The molecule has 1 N–H and O–H groups in total. The van der Waals surface area contributed by atoms with E-state index < -0.39 is 6.04 Å². The lowest BCUT2D eigenvalue weighted by Gasteiger charge is -2.30. The summed E-state index contributed by atoms with van der Waals surface area (Å²) in [5.41, 5.74) is 0. The Labute approximate surface area is 145 Å². The van der Waals surface area contributed by atoms with Gasteiger partial charge in [-0.1, -0.05) is 0 Å². The molecule has 2 aliphatic rings. The van der Waals surface area contributed by atoms with Crippen LogP contribution in [0.4, 0.5) is 0 Å². The molecule has 8 heteroatoms. The van der Waals surface area contributed by atoms with E-state index in [0.717, 1.165) is 0 Å². The lowest BCUT2D eigenvalue weighted by Crippen LogP contribution is -2.51. The standard InChI is InChI=1S/C17H21N3O5/c1-12(21)18-13(10-19-8-6-14(22)2-4-16(19)24)11-20-9-7-15(23)3-5-17(20)25/h2-5,13H,6-11H2,1H3,(H,18,21). The molecule has 0 saturated carbocycles. The van der Waals surface area contributed by atoms with Crippen molar-refractivity contribution in [2.75, 3.05) is 26.2 Å². The van der Waals surface area contributed by atoms with Crippen molar-refractivity contribution in [1.29, 1.82) is 0 Å². The van der Waals surface area contributed by atoms with Crippen LogP contribution < -0.4 is 5.32 Å². The van der Waals surface area contributed by atoms with Crippen molar-refractivity contribution in [2.45, 2.75) is 25.8 Å². The summed E-state index contributed by atoms with van der Waals surface area (Å²) in [6.45, 7) is 2.23. The van der Waals surface area contributed by atoms with E-state index in [1.165, 1.54) is 41.0 Å². The zero-order valence-corrected chi connectivity index (χ0v) is 14.1. The van der Waals surface area contributed by atoms with Crippen molar-refractivity contribution in [2.24, 2.45) is 0 Å². The van der Waals surface area contributed by atoms with Gasteiger partial charge in [-0.25, -0.2) is 0 Å². The first-order chi connectivity index (χ1) is 11.8. The Kier molecular flexibility index (Phi) is 6.21. The molecular formula is C17H21N3O5. The van der Waals surface area contributed by atoms with Crippen LogP contribution in [0.15, 0.2) is 24.3 Å². The minimum atomic E-state index is -0.492. The third kappa shape index (κ3) is 5.66. The molecule has 0 fully saturated rings. The maximum absolute atomic E-state index is 12.1. The Morgan fingerprint density at radius 3 is 1.76 bits per heavy atom. The maximum Gasteiger partial charge on any atom is 0.246 e. The minimum absolute atomic E-state index is 0.127. The third-order valence-corrected chi connectivity index (χ3v) is 3.99. The van der Waals surface area contributed by atoms with Gasteiger partial charge in [0.15, 0.2) is 11.6 Å². The first kappa shape index (κ1) is 18.6. The molecule has 0 atom stereocenters. The van der Waals surface area contributed by atoms with Crippen LogP contribution in [0, 0.1) is 0 Å². The molecule has 0 bridgehead atoms. The average Bonchev–Trinajstić information content (AvgIpc) is 2.80. The summed E-state index contributed by atoms with van der Waals surface area (Å²) in [4.78, 5) is 61.5. The molecule has 0 aromatic carbocycles. The molecule has 0 spiro atoms. The number of carbonyl (C=O) groups is 5. The fourth-order valence-electron chi connectivity index (χ4n) is 2.75. The van der Waals surface area contributed by atoms with Gasteiger partial charge < -0.3 is 15.1 Å². The van der Waals surface area contributed by atoms with Gasteiger partial charge >= 0.3 is 0 Å². The molecule has 0 aromatic heterocycles. The lowest BCUT2D eigenvalue weighted by molar-refractivity contribution is -0.129. The van der Waals surface area contributed by atoms with Crippen LogP contribution in [0.5, 0.6) is 0 Å². The molecule has 0 aromatic rings. The molecule has 8 nitrogen and oxygen atoms in total. The van der Waals surface area contributed by atoms with Gasteiger partial charge in [-0.2, -0.15) is 0 Å². The summed E-state index contributed by atoms with van der Waals surface area (Å²) < 4.78 is 0. The smallest absolute Gasteiger partial charge is 0.246 e. The van der Waals surface area contributed by atoms with Gasteiger partial charge in [0.1, 0.15) is 0 Å². The van der Waals surface area contributed by atoms with Crippen LogP contribution in [0.1, 0.15) is 19.8 Å². The van der Waals surface area contributed by atoms with E-state index in [9.17, 15) is 24.0 Å². The first-order valence-corrected chi connectivity index (χ1v) is 8.12. The zero-order valence-electron chi connectivity index (χ0n) is 14.1. The second-order valence-corrected chi connectivity index (χ2v) is 6.07. The summed E-state index contributed by atoms with van der Waals surface area (Å²) in [5.74, 6) is -1.15. The van der Waals surface area contributed by atoms with E-state index in [0.29, 0.717) is 0 Å². The summed E-state index contributed by atoms with van der Waals surface area (Å²) in [5, 5.41) is 2.73. The predicted molar refractivity (Wildman–Crippen MR) is 88.3 cm³/mol. The Balaban J connectivity index is 2.06. The third-order valence-electron chi connectivity index (χ3n) is 3.99. The van der Waals surface area contributed by atoms with Gasteiger partial charge in [0.25, 0.3) is 0 Å². The van der Waals surface area contributed by atoms with E-state index in [4.69, 9.17) is 0 Å². The van der Waals surface area contributed by atoms with Gasteiger partial charge in [0.2, 0.25) is 17.7 Å². The minimum Gasteiger partial charge on any atom is -0.350 e. The summed E-state index contributed by atoms with van der Waals surface area (Å²) >= 11 is 0. The fraction of sp³-hybridized carbons (Fsp3) is 0.471. The monoisotopic (exact) mass is 347 g/mol. The quantitative estimate of drug-likeness (QED) is 0.702. The number of nitrogens with one attached hydrogen (secondary N) is 1. The van der Waals surface area contributed by atoms with Crippen molar-refractivity contribution in [3.05, 3.63) is 24.3 Å². The molecule has 0 aliphatic carbocycles. The van der Waals surface area contributed by atoms with Gasteiger partial charge in [0.05, 0.1) is 6.04 Å². The highest BCUT2D eigenvalue weighted by atomic mass is 16.2. The molecule has 2 heterocycles. The van der Waals surface area contributed by atoms with Gasteiger partial charge in [-0.15, -0.1) is 0 Å². The van der Waals surface area contributed by atoms with E-state index in [2.05, 4.69) is 5.32 Å². The Morgan fingerprint density at radius 1 is 0.920 bits per heavy atom. The van der Waals surface area contributed by atoms with Gasteiger partial charge in [-0.05, 0) is 12.2 Å². The second kappa shape index (κ2) is 8.36. The molecule has 0 unspecified atom stereocenters. The van der Waals surface area contributed by atoms with Crippen LogP contribution in [-0.4, -0.2) is 71.3 Å². The molecule has 3 amide bonds. The molecule has 0 saturated heterocycles. The van der Waals surface area contributed by atoms with Gasteiger partial charge in [-0.3, -0.25) is 24.0 Å². The number of rotatable bonds is 5. The number of ketones is 2. The van der Waals surface area contributed by atoms with Crippen LogP contribution in [0.3, 0.4) is 0 Å². The number of allylic oxidation sites excluding steroid dienone is 2. The van der Waals surface area contributed by atoms with Crippen LogP contribution in [0.25, 0.3) is 0 Å². The largest absolute Gasteiger partial charge is 0.350 e. The van der Waals surface area contributed by atoms with Gasteiger partial charge in [0, 0.05) is 58.1 Å². The van der Waals surface area contributed by atoms with Crippen molar-refractivity contribution in [3.8, 4) is 0 Å². The lowest BCUT2D eigenvalue weighted by atomic mass is 10.2. The van der Waals surface area contributed by atoms with Crippen LogP contribution in [-0.2, 0) is 24.0 Å². The topological polar surface area (TPSA) is 104 Å². The summed E-state index contributed by atoms with van der Waals surface area (Å²) in [7, 11) is 0.